The Morgan fingerprint density at radius 2 is 2.00 bits per heavy atom. The number of fused-ring (bicyclic) bond motifs is 1. The number of aromatic nitrogens is 3. The predicted octanol–water partition coefficient (Wildman–Crippen LogP) is 2.21. The van der Waals surface area contributed by atoms with Crippen LogP contribution in [-0.4, -0.2) is 40.5 Å². The van der Waals surface area contributed by atoms with Gasteiger partial charge in [-0.3, -0.25) is 4.79 Å². The van der Waals surface area contributed by atoms with Crippen LogP contribution in [0.25, 0.3) is 22.8 Å². The van der Waals surface area contributed by atoms with Crippen molar-refractivity contribution in [3.63, 3.8) is 0 Å². The van der Waals surface area contributed by atoms with Gasteiger partial charge in [-0.25, -0.2) is 14.8 Å². The molecule has 130 valence electrons. The van der Waals surface area contributed by atoms with E-state index >= 15 is 0 Å². The van der Waals surface area contributed by atoms with Crippen molar-refractivity contribution in [2.75, 3.05) is 13.7 Å². The molecule has 3 aromatic rings. The first-order valence-electron chi connectivity index (χ1n) is 8.18. The smallest absolute Gasteiger partial charge is 0.337 e. The van der Waals surface area contributed by atoms with Crippen molar-refractivity contribution in [2.45, 2.75) is 6.42 Å². The van der Waals surface area contributed by atoms with Gasteiger partial charge in [0.25, 0.3) is 5.91 Å². The number of rotatable bonds is 3. The van der Waals surface area contributed by atoms with Gasteiger partial charge in [-0.2, -0.15) is 0 Å². The Morgan fingerprint density at radius 1 is 1.19 bits per heavy atom. The summed E-state index contributed by atoms with van der Waals surface area (Å²) in [4.78, 5) is 35.6. The fraction of sp³-hybridized carbons (Fsp3) is 0.158. The molecule has 0 aliphatic carbocycles. The monoisotopic (exact) mass is 348 g/mol. The number of methoxy groups -OCH3 is 1. The Bertz CT molecular complexity index is 992. The van der Waals surface area contributed by atoms with Crippen LogP contribution >= 0.6 is 0 Å². The van der Waals surface area contributed by atoms with Gasteiger partial charge in [0.05, 0.1) is 29.6 Å². The third-order valence-electron chi connectivity index (χ3n) is 4.30. The second-order valence-corrected chi connectivity index (χ2v) is 5.92. The number of hydrogen-bond donors (Lipinski definition) is 2. The number of benzene rings is 1. The fourth-order valence-corrected chi connectivity index (χ4v) is 2.95. The largest absolute Gasteiger partial charge is 0.465 e. The van der Waals surface area contributed by atoms with E-state index in [2.05, 4.69) is 20.3 Å². The van der Waals surface area contributed by atoms with E-state index in [0.717, 1.165) is 23.4 Å². The van der Waals surface area contributed by atoms with Crippen molar-refractivity contribution in [3.05, 3.63) is 59.4 Å². The van der Waals surface area contributed by atoms with E-state index < -0.39 is 0 Å². The molecule has 1 aromatic carbocycles. The highest BCUT2D eigenvalue weighted by Gasteiger charge is 2.20. The van der Waals surface area contributed by atoms with Crippen LogP contribution in [0.4, 0.5) is 0 Å². The Labute approximate surface area is 149 Å². The maximum absolute atomic E-state index is 11.9. The molecule has 2 N–H and O–H groups in total. The summed E-state index contributed by atoms with van der Waals surface area (Å²) >= 11 is 0. The van der Waals surface area contributed by atoms with E-state index in [1.807, 2.05) is 6.07 Å². The zero-order chi connectivity index (χ0) is 18.1. The molecular weight excluding hydrogens is 332 g/mol. The molecule has 0 spiro atoms. The van der Waals surface area contributed by atoms with Crippen molar-refractivity contribution in [1.29, 1.82) is 0 Å². The first-order chi connectivity index (χ1) is 12.7. The van der Waals surface area contributed by atoms with Crippen LogP contribution in [0.5, 0.6) is 0 Å². The quantitative estimate of drug-likeness (QED) is 0.707. The van der Waals surface area contributed by atoms with Crippen LogP contribution in [0.2, 0.25) is 0 Å². The summed E-state index contributed by atoms with van der Waals surface area (Å²) in [5.74, 6) is 0.0822. The number of carbonyl (C=O) groups excluding carboxylic acids is 2. The van der Waals surface area contributed by atoms with Gasteiger partial charge < -0.3 is 15.0 Å². The summed E-state index contributed by atoms with van der Waals surface area (Å²) in [6.45, 7) is 0.632. The Morgan fingerprint density at radius 3 is 2.73 bits per heavy atom. The SMILES string of the molecule is COC(=O)c1ccc(-c2nccc(-c3cc4c([nH]3)CCNC4=O)n2)cc1. The summed E-state index contributed by atoms with van der Waals surface area (Å²) in [6.07, 6.45) is 2.44. The van der Waals surface area contributed by atoms with Gasteiger partial charge >= 0.3 is 5.97 Å². The minimum absolute atomic E-state index is 0.0681. The van der Waals surface area contributed by atoms with Crippen molar-refractivity contribution >= 4 is 11.9 Å². The molecule has 0 fully saturated rings. The highest BCUT2D eigenvalue weighted by Crippen LogP contribution is 2.24. The molecule has 0 radical (unpaired) electrons. The van der Waals surface area contributed by atoms with E-state index in [9.17, 15) is 9.59 Å². The van der Waals surface area contributed by atoms with Crippen LogP contribution in [0.1, 0.15) is 26.4 Å². The number of esters is 1. The molecule has 2 aromatic heterocycles. The Kier molecular flexibility index (Phi) is 3.96. The maximum Gasteiger partial charge on any atom is 0.337 e. The van der Waals surface area contributed by atoms with Gasteiger partial charge in [0.1, 0.15) is 0 Å². The van der Waals surface area contributed by atoms with Gasteiger partial charge in [-0.1, -0.05) is 12.1 Å². The molecule has 26 heavy (non-hydrogen) atoms. The number of H-pyrrole nitrogens is 1. The van der Waals surface area contributed by atoms with E-state index in [0.29, 0.717) is 29.2 Å². The molecule has 0 saturated heterocycles. The topological polar surface area (TPSA) is 97.0 Å². The number of nitrogens with zero attached hydrogens (tertiary/aromatic N) is 2. The van der Waals surface area contributed by atoms with Crippen LogP contribution in [0.15, 0.2) is 42.6 Å². The standard InChI is InChI=1S/C19H16N4O3/c1-26-19(25)12-4-2-11(3-5-12)17-20-8-7-15(23-17)16-10-13-14(22-16)6-9-21-18(13)24/h2-5,7-8,10,22H,6,9H2,1H3,(H,21,24). The lowest BCUT2D eigenvalue weighted by Gasteiger charge is -2.10. The molecule has 7 nitrogen and oxygen atoms in total. The molecule has 1 aliphatic rings. The summed E-state index contributed by atoms with van der Waals surface area (Å²) in [7, 11) is 1.35. The zero-order valence-corrected chi connectivity index (χ0v) is 14.1. The highest BCUT2D eigenvalue weighted by atomic mass is 16.5. The molecule has 4 rings (SSSR count). The number of amides is 1. The van der Waals surface area contributed by atoms with Crippen LogP contribution in [0.3, 0.4) is 0 Å². The van der Waals surface area contributed by atoms with E-state index in [4.69, 9.17) is 4.74 Å². The fourth-order valence-electron chi connectivity index (χ4n) is 2.95. The lowest BCUT2D eigenvalue weighted by Crippen LogP contribution is -2.31. The molecule has 0 atom stereocenters. The van der Waals surface area contributed by atoms with Gasteiger partial charge in [-0.15, -0.1) is 0 Å². The normalized spacial score (nSPS) is 13.0. The van der Waals surface area contributed by atoms with Gasteiger partial charge in [0, 0.05) is 30.4 Å². The molecule has 3 heterocycles. The van der Waals surface area contributed by atoms with Gasteiger partial charge in [-0.05, 0) is 24.3 Å². The third kappa shape index (κ3) is 2.83. The second-order valence-electron chi connectivity index (χ2n) is 5.92. The summed E-state index contributed by atoms with van der Waals surface area (Å²) in [5.41, 5.74) is 4.32. The van der Waals surface area contributed by atoms with Gasteiger partial charge in [0.15, 0.2) is 5.82 Å². The van der Waals surface area contributed by atoms with Crippen LogP contribution in [-0.2, 0) is 11.2 Å². The molecule has 1 aliphatic heterocycles. The van der Waals surface area contributed by atoms with Crippen molar-refractivity contribution < 1.29 is 14.3 Å². The third-order valence-corrected chi connectivity index (χ3v) is 4.30. The van der Waals surface area contributed by atoms with E-state index in [1.54, 1.807) is 36.5 Å². The maximum atomic E-state index is 11.9. The second kappa shape index (κ2) is 6.44. The number of ether oxygens (including phenoxy) is 1. The first kappa shape index (κ1) is 16.0. The molecule has 0 saturated carbocycles. The van der Waals surface area contributed by atoms with Gasteiger partial charge in [0.2, 0.25) is 0 Å². The summed E-state index contributed by atoms with van der Waals surface area (Å²) in [6, 6.07) is 10.5. The minimum Gasteiger partial charge on any atom is -0.465 e. The first-order valence-corrected chi connectivity index (χ1v) is 8.18. The lowest BCUT2D eigenvalue weighted by molar-refractivity contribution is 0.0600. The van der Waals surface area contributed by atoms with Crippen molar-refractivity contribution in [1.82, 2.24) is 20.3 Å². The number of carbonyl (C=O) groups is 2. The molecule has 1 amide bonds. The Balaban J connectivity index is 1.67. The highest BCUT2D eigenvalue weighted by molar-refractivity contribution is 5.97. The van der Waals surface area contributed by atoms with Crippen LogP contribution in [0, 0.1) is 0 Å². The average Bonchev–Trinajstić information content (AvgIpc) is 3.13. The number of nitrogens with one attached hydrogen (secondary N) is 2. The molecule has 0 bridgehead atoms. The number of hydrogen-bond acceptors (Lipinski definition) is 5. The summed E-state index contributed by atoms with van der Waals surface area (Å²) < 4.78 is 4.70. The minimum atomic E-state index is -0.388. The number of aromatic amines is 1. The van der Waals surface area contributed by atoms with Crippen LogP contribution < -0.4 is 5.32 Å². The lowest BCUT2D eigenvalue weighted by atomic mass is 10.1. The average molecular weight is 348 g/mol. The molecular formula is C19H16N4O3. The Hall–Kier alpha value is -3.48. The molecule has 0 unspecified atom stereocenters. The van der Waals surface area contributed by atoms with E-state index in [1.165, 1.54) is 7.11 Å². The summed E-state index contributed by atoms with van der Waals surface area (Å²) in [5, 5.41) is 2.83. The molecule has 7 heteroatoms. The predicted molar refractivity (Wildman–Crippen MR) is 94.6 cm³/mol. The zero-order valence-electron chi connectivity index (χ0n) is 14.1. The van der Waals surface area contributed by atoms with Crippen molar-refractivity contribution in [2.24, 2.45) is 0 Å². The van der Waals surface area contributed by atoms with E-state index in [-0.39, 0.29) is 11.9 Å². The van der Waals surface area contributed by atoms with Crippen molar-refractivity contribution in [3.8, 4) is 22.8 Å².